The first-order valence-electron chi connectivity index (χ1n) is 4.83. The van der Waals surface area contributed by atoms with Crippen LogP contribution in [0, 0.1) is 5.41 Å². The molecular formula is C11H20O3. The largest absolute Gasteiger partial charge is 0.465 e. The van der Waals surface area contributed by atoms with Gasteiger partial charge in [0.2, 0.25) is 0 Å². The van der Waals surface area contributed by atoms with Gasteiger partial charge in [-0.25, -0.2) is 0 Å². The van der Waals surface area contributed by atoms with Crippen molar-refractivity contribution in [2.45, 2.75) is 33.3 Å². The Hall–Kier alpha value is -0.830. The van der Waals surface area contributed by atoms with Crippen molar-refractivity contribution in [1.82, 2.24) is 0 Å². The van der Waals surface area contributed by atoms with Crippen molar-refractivity contribution in [2.75, 3.05) is 13.7 Å². The van der Waals surface area contributed by atoms with Crippen LogP contribution in [0.3, 0.4) is 0 Å². The second-order valence-corrected chi connectivity index (χ2v) is 3.51. The van der Waals surface area contributed by atoms with Gasteiger partial charge in [-0.1, -0.05) is 6.08 Å². The molecule has 0 spiro atoms. The van der Waals surface area contributed by atoms with Crippen molar-refractivity contribution in [3.63, 3.8) is 0 Å². The summed E-state index contributed by atoms with van der Waals surface area (Å²) in [5, 5.41) is 0. The molecule has 0 aromatic heterocycles. The number of carbonyl (C=O) groups is 1. The van der Waals surface area contributed by atoms with Gasteiger partial charge < -0.3 is 9.47 Å². The Morgan fingerprint density at radius 1 is 1.64 bits per heavy atom. The van der Waals surface area contributed by atoms with Crippen molar-refractivity contribution >= 4 is 5.97 Å². The molecule has 0 fully saturated rings. The van der Waals surface area contributed by atoms with Crippen LogP contribution < -0.4 is 0 Å². The zero-order valence-electron chi connectivity index (χ0n) is 9.50. The Morgan fingerprint density at radius 3 is 2.57 bits per heavy atom. The summed E-state index contributed by atoms with van der Waals surface area (Å²) in [5.74, 6) is -0.228. The molecule has 0 bridgehead atoms. The van der Waals surface area contributed by atoms with Crippen LogP contribution in [-0.2, 0) is 14.3 Å². The summed E-state index contributed by atoms with van der Waals surface area (Å²) in [7, 11) is 1.59. The lowest BCUT2D eigenvalue weighted by Crippen LogP contribution is -2.40. The average Bonchev–Trinajstić information content (AvgIpc) is 2.17. The van der Waals surface area contributed by atoms with E-state index in [9.17, 15) is 4.79 Å². The normalized spacial score (nSPS) is 16.9. The van der Waals surface area contributed by atoms with E-state index in [1.807, 2.05) is 13.8 Å². The van der Waals surface area contributed by atoms with Crippen LogP contribution in [0.4, 0.5) is 0 Å². The summed E-state index contributed by atoms with van der Waals surface area (Å²) in [6, 6.07) is 0. The fourth-order valence-corrected chi connectivity index (χ4v) is 1.27. The Bertz CT molecular complexity index is 201. The average molecular weight is 200 g/mol. The van der Waals surface area contributed by atoms with E-state index < -0.39 is 5.41 Å². The lowest BCUT2D eigenvalue weighted by atomic mass is 9.81. The summed E-state index contributed by atoms with van der Waals surface area (Å²) in [6.07, 6.45) is 2.09. The Morgan fingerprint density at radius 2 is 2.21 bits per heavy atom. The number of methoxy groups -OCH3 is 1. The third kappa shape index (κ3) is 2.84. The van der Waals surface area contributed by atoms with Gasteiger partial charge in [-0.05, 0) is 27.2 Å². The molecule has 0 saturated heterocycles. The molecule has 0 saturated carbocycles. The summed E-state index contributed by atoms with van der Waals surface area (Å²) in [6.45, 7) is 9.52. The van der Waals surface area contributed by atoms with E-state index in [0.29, 0.717) is 13.0 Å². The van der Waals surface area contributed by atoms with E-state index in [1.54, 1.807) is 20.1 Å². The smallest absolute Gasteiger partial charge is 0.314 e. The third-order valence-electron chi connectivity index (χ3n) is 2.56. The highest BCUT2D eigenvalue weighted by atomic mass is 16.5. The van der Waals surface area contributed by atoms with E-state index in [0.717, 1.165) is 0 Å². The predicted molar refractivity (Wildman–Crippen MR) is 56.0 cm³/mol. The van der Waals surface area contributed by atoms with Gasteiger partial charge in [0.25, 0.3) is 0 Å². The molecule has 0 aliphatic heterocycles. The van der Waals surface area contributed by atoms with Crippen LogP contribution in [0.15, 0.2) is 12.7 Å². The highest BCUT2D eigenvalue weighted by Gasteiger charge is 2.39. The molecule has 0 radical (unpaired) electrons. The van der Waals surface area contributed by atoms with Gasteiger partial charge >= 0.3 is 5.97 Å². The standard InChI is InChI=1S/C11H20O3/c1-6-8-11(4,9(3)13-5)10(12)14-7-2/h6,9H,1,7-8H2,2-5H3/t9-,11-/m1/s1. The number of hydrogen-bond donors (Lipinski definition) is 0. The summed E-state index contributed by atoms with van der Waals surface area (Å²) >= 11 is 0. The monoisotopic (exact) mass is 200 g/mol. The van der Waals surface area contributed by atoms with Gasteiger partial charge in [-0.15, -0.1) is 6.58 Å². The maximum absolute atomic E-state index is 11.7. The maximum Gasteiger partial charge on any atom is 0.314 e. The van der Waals surface area contributed by atoms with Gasteiger partial charge in [-0.3, -0.25) is 4.79 Å². The number of allylic oxidation sites excluding steroid dienone is 1. The second-order valence-electron chi connectivity index (χ2n) is 3.51. The Labute approximate surface area is 86.1 Å². The van der Waals surface area contributed by atoms with Crippen LogP contribution in [0.2, 0.25) is 0 Å². The maximum atomic E-state index is 11.7. The van der Waals surface area contributed by atoms with Crippen LogP contribution in [0.25, 0.3) is 0 Å². The van der Waals surface area contributed by atoms with Crippen molar-refractivity contribution < 1.29 is 14.3 Å². The first-order chi connectivity index (χ1) is 6.52. The molecule has 0 N–H and O–H groups in total. The van der Waals surface area contributed by atoms with Crippen LogP contribution in [-0.4, -0.2) is 25.8 Å². The Kier molecular flexibility index (Phi) is 5.46. The SMILES string of the molecule is C=CC[C@@](C)(C(=O)OCC)[C@@H](C)OC. The highest BCUT2D eigenvalue weighted by molar-refractivity contribution is 5.77. The summed E-state index contributed by atoms with van der Waals surface area (Å²) in [4.78, 5) is 11.7. The van der Waals surface area contributed by atoms with Crippen molar-refractivity contribution in [3.05, 3.63) is 12.7 Å². The number of hydrogen-bond acceptors (Lipinski definition) is 3. The fourth-order valence-electron chi connectivity index (χ4n) is 1.27. The second kappa shape index (κ2) is 5.81. The number of ether oxygens (including phenoxy) is 2. The molecule has 0 unspecified atom stereocenters. The van der Waals surface area contributed by atoms with E-state index in [1.165, 1.54) is 0 Å². The molecular weight excluding hydrogens is 180 g/mol. The van der Waals surface area contributed by atoms with Crippen molar-refractivity contribution in [3.8, 4) is 0 Å². The fraction of sp³-hybridized carbons (Fsp3) is 0.727. The molecule has 3 nitrogen and oxygen atoms in total. The number of rotatable bonds is 6. The minimum Gasteiger partial charge on any atom is -0.465 e. The first kappa shape index (κ1) is 13.2. The molecule has 0 aliphatic carbocycles. The first-order valence-corrected chi connectivity index (χ1v) is 4.83. The summed E-state index contributed by atoms with van der Waals surface area (Å²) < 4.78 is 10.2. The van der Waals surface area contributed by atoms with Crippen LogP contribution >= 0.6 is 0 Å². The zero-order valence-corrected chi connectivity index (χ0v) is 9.50. The molecule has 3 heteroatoms. The van der Waals surface area contributed by atoms with Gasteiger partial charge in [-0.2, -0.15) is 0 Å². The van der Waals surface area contributed by atoms with Crippen LogP contribution in [0.5, 0.6) is 0 Å². The van der Waals surface area contributed by atoms with Gasteiger partial charge in [0.1, 0.15) is 0 Å². The van der Waals surface area contributed by atoms with Gasteiger partial charge in [0.15, 0.2) is 0 Å². The van der Waals surface area contributed by atoms with Gasteiger partial charge in [0.05, 0.1) is 18.1 Å². The number of esters is 1. The predicted octanol–water partition coefficient (Wildman–Crippen LogP) is 2.17. The van der Waals surface area contributed by atoms with E-state index >= 15 is 0 Å². The molecule has 14 heavy (non-hydrogen) atoms. The lowest BCUT2D eigenvalue weighted by molar-refractivity contribution is -0.162. The lowest BCUT2D eigenvalue weighted by Gasteiger charge is -2.31. The molecule has 0 aromatic carbocycles. The highest BCUT2D eigenvalue weighted by Crippen LogP contribution is 2.30. The number of carbonyl (C=O) groups excluding carboxylic acids is 1. The minimum absolute atomic E-state index is 0.181. The molecule has 2 atom stereocenters. The van der Waals surface area contributed by atoms with E-state index in [4.69, 9.17) is 9.47 Å². The van der Waals surface area contributed by atoms with Crippen molar-refractivity contribution in [1.29, 1.82) is 0 Å². The summed E-state index contributed by atoms with van der Waals surface area (Å²) in [5.41, 5.74) is -0.632. The topological polar surface area (TPSA) is 35.5 Å². The van der Waals surface area contributed by atoms with Crippen molar-refractivity contribution in [2.24, 2.45) is 5.41 Å². The molecule has 82 valence electrons. The quantitative estimate of drug-likeness (QED) is 0.487. The van der Waals surface area contributed by atoms with E-state index in [2.05, 4.69) is 6.58 Å². The van der Waals surface area contributed by atoms with E-state index in [-0.39, 0.29) is 12.1 Å². The minimum atomic E-state index is -0.632. The van der Waals surface area contributed by atoms with Gasteiger partial charge in [0, 0.05) is 7.11 Å². The molecule has 0 rings (SSSR count). The molecule has 0 aliphatic rings. The zero-order chi connectivity index (χ0) is 11.2. The third-order valence-corrected chi connectivity index (χ3v) is 2.56. The molecule has 0 amide bonds. The van der Waals surface area contributed by atoms with Crippen LogP contribution in [0.1, 0.15) is 27.2 Å². The molecule has 0 heterocycles. The Balaban J connectivity index is 4.68. The molecule has 0 aromatic rings.